The molecule has 0 aliphatic heterocycles. The molecule has 0 atom stereocenters. The van der Waals surface area contributed by atoms with Crippen molar-refractivity contribution in [2.24, 2.45) is 0 Å². The number of nitrogens with zero attached hydrogens (tertiary/aromatic N) is 1. The molecule has 0 saturated carbocycles. The third-order valence-corrected chi connectivity index (χ3v) is 5.08. The Bertz CT molecular complexity index is 720. The van der Waals surface area contributed by atoms with Gasteiger partial charge >= 0.3 is 11.9 Å². The van der Waals surface area contributed by atoms with E-state index < -0.39 is 22.0 Å². The highest BCUT2D eigenvalue weighted by atomic mass is 32.2. The highest BCUT2D eigenvalue weighted by Crippen LogP contribution is 2.21. The average Bonchev–Trinajstić information content (AvgIpc) is 2.57. The van der Waals surface area contributed by atoms with Crippen LogP contribution in [0.3, 0.4) is 0 Å². The van der Waals surface area contributed by atoms with E-state index in [1.165, 1.54) is 36.7 Å². The summed E-state index contributed by atoms with van der Waals surface area (Å²) in [5.74, 6) is -1.50. The normalized spacial score (nSPS) is 11.2. The molecule has 0 aliphatic carbocycles. The van der Waals surface area contributed by atoms with Crippen LogP contribution in [0.15, 0.2) is 35.2 Å². The summed E-state index contributed by atoms with van der Waals surface area (Å²) in [5, 5.41) is 0. The molecule has 132 valence electrons. The molecule has 0 heterocycles. The highest BCUT2D eigenvalue weighted by molar-refractivity contribution is 7.89. The molecule has 1 aromatic carbocycles. The summed E-state index contributed by atoms with van der Waals surface area (Å²) in [5.41, 5.74) is 0.563. The van der Waals surface area contributed by atoms with Crippen molar-refractivity contribution < 1.29 is 27.5 Å². The van der Waals surface area contributed by atoms with Crippen LogP contribution in [-0.4, -0.2) is 52.0 Å². The minimum atomic E-state index is -3.92. The third-order valence-electron chi connectivity index (χ3n) is 3.19. The van der Waals surface area contributed by atoms with Gasteiger partial charge in [-0.3, -0.25) is 0 Å². The van der Waals surface area contributed by atoms with Gasteiger partial charge in [0.25, 0.3) is 0 Å². The fourth-order valence-corrected chi connectivity index (χ4v) is 3.62. The maximum absolute atomic E-state index is 12.8. The predicted molar refractivity (Wildman–Crippen MR) is 88.4 cm³/mol. The molecule has 0 amide bonds. The first-order valence-corrected chi connectivity index (χ1v) is 8.57. The lowest BCUT2D eigenvalue weighted by molar-refractivity contribution is 0.0598. The summed E-state index contributed by atoms with van der Waals surface area (Å²) >= 11 is 0. The van der Waals surface area contributed by atoms with E-state index in [9.17, 15) is 18.0 Å². The first-order valence-electron chi connectivity index (χ1n) is 7.13. The number of carbonyl (C=O) groups is 2. The number of hydrogen-bond donors (Lipinski definition) is 0. The zero-order valence-electron chi connectivity index (χ0n) is 14.2. The summed E-state index contributed by atoms with van der Waals surface area (Å²) in [6.45, 7) is 7.46. The van der Waals surface area contributed by atoms with Gasteiger partial charge in [0.2, 0.25) is 10.0 Å². The molecular weight excluding hydrogens is 334 g/mol. The molecule has 1 aromatic rings. The lowest BCUT2D eigenvalue weighted by atomic mass is 10.1. The number of benzene rings is 1. The van der Waals surface area contributed by atoms with Crippen LogP contribution in [0.4, 0.5) is 0 Å². The SMILES string of the molecule is C=C(C)CN(CC)S(=O)(=O)c1cc(C(=O)OC)cc(C(=O)OC)c1. The summed E-state index contributed by atoms with van der Waals surface area (Å²) < 4.78 is 36.0. The largest absolute Gasteiger partial charge is 0.465 e. The summed E-state index contributed by atoms with van der Waals surface area (Å²) in [7, 11) is -1.58. The number of rotatable bonds is 7. The van der Waals surface area contributed by atoms with E-state index in [1.54, 1.807) is 13.8 Å². The van der Waals surface area contributed by atoms with Gasteiger partial charge in [-0.1, -0.05) is 19.1 Å². The Morgan fingerprint density at radius 2 is 1.54 bits per heavy atom. The van der Waals surface area contributed by atoms with E-state index in [0.29, 0.717) is 5.57 Å². The van der Waals surface area contributed by atoms with Crippen molar-refractivity contribution in [1.82, 2.24) is 4.31 Å². The Labute approximate surface area is 141 Å². The van der Waals surface area contributed by atoms with Crippen LogP contribution >= 0.6 is 0 Å². The second-order valence-electron chi connectivity index (χ2n) is 5.12. The molecule has 7 nitrogen and oxygen atoms in total. The Kier molecular flexibility index (Phi) is 6.68. The molecule has 0 saturated heterocycles. The molecule has 0 radical (unpaired) electrons. The van der Waals surface area contributed by atoms with Crippen molar-refractivity contribution in [2.75, 3.05) is 27.3 Å². The van der Waals surface area contributed by atoms with Crippen molar-refractivity contribution in [2.45, 2.75) is 18.7 Å². The van der Waals surface area contributed by atoms with Crippen molar-refractivity contribution in [3.63, 3.8) is 0 Å². The van der Waals surface area contributed by atoms with E-state index in [2.05, 4.69) is 16.1 Å². The second-order valence-corrected chi connectivity index (χ2v) is 7.06. The lowest BCUT2D eigenvalue weighted by Crippen LogP contribution is -2.32. The molecule has 8 heteroatoms. The number of sulfonamides is 1. The number of likely N-dealkylation sites (N-methyl/N-ethyl adjacent to an activating group) is 1. The molecule has 1 rings (SSSR count). The number of esters is 2. The molecule has 0 N–H and O–H groups in total. The van der Waals surface area contributed by atoms with E-state index in [-0.39, 0.29) is 29.1 Å². The number of carbonyl (C=O) groups excluding carboxylic acids is 2. The van der Waals surface area contributed by atoms with Crippen LogP contribution in [-0.2, 0) is 19.5 Å². The fourth-order valence-electron chi connectivity index (χ4n) is 2.04. The Hall–Kier alpha value is -2.19. The van der Waals surface area contributed by atoms with Gasteiger partial charge in [0, 0.05) is 13.1 Å². The van der Waals surface area contributed by atoms with Crippen LogP contribution in [0, 0.1) is 0 Å². The van der Waals surface area contributed by atoms with Crippen LogP contribution < -0.4 is 0 Å². The lowest BCUT2D eigenvalue weighted by Gasteiger charge is -2.21. The van der Waals surface area contributed by atoms with Gasteiger partial charge in [-0.15, -0.1) is 0 Å². The average molecular weight is 355 g/mol. The maximum atomic E-state index is 12.8. The van der Waals surface area contributed by atoms with Crippen molar-refractivity contribution in [3.05, 3.63) is 41.5 Å². The van der Waals surface area contributed by atoms with Crippen LogP contribution in [0.25, 0.3) is 0 Å². The monoisotopic (exact) mass is 355 g/mol. The molecular formula is C16H21NO6S. The third kappa shape index (κ3) is 4.42. The first-order chi connectivity index (χ1) is 11.2. The summed E-state index contributed by atoms with van der Waals surface area (Å²) in [4.78, 5) is 23.4. The first kappa shape index (κ1) is 19.9. The highest BCUT2D eigenvalue weighted by Gasteiger charge is 2.26. The second kappa shape index (κ2) is 8.07. The molecule has 24 heavy (non-hydrogen) atoms. The van der Waals surface area contributed by atoms with E-state index in [4.69, 9.17) is 0 Å². The van der Waals surface area contributed by atoms with Gasteiger partial charge in [-0.05, 0) is 25.1 Å². The van der Waals surface area contributed by atoms with Crippen molar-refractivity contribution in [3.8, 4) is 0 Å². The standard InChI is InChI=1S/C16H21NO6S/c1-6-17(10-11(2)3)24(20,21)14-8-12(15(18)22-4)7-13(9-14)16(19)23-5/h7-9H,2,6,10H2,1,3-5H3. The number of methoxy groups -OCH3 is 2. The topological polar surface area (TPSA) is 90.0 Å². The van der Waals surface area contributed by atoms with E-state index in [1.807, 2.05) is 0 Å². The minimum absolute atomic E-state index is 0.0506. The zero-order valence-corrected chi connectivity index (χ0v) is 15.0. The maximum Gasteiger partial charge on any atom is 0.337 e. The van der Waals surface area contributed by atoms with Crippen molar-refractivity contribution in [1.29, 1.82) is 0 Å². The fraction of sp³-hybridized carbons (Fsp3) is 0.375. The van der Waals surface area contributed by atoms with Crippen molar-refractivity contribution >= 4 is 22.0 Å². The predicted octanol–water partition coefficient (Wildman–Crippen LogP) is 1.85. The number of hydrogen-bond acceptors (Lipinski definition) is 6. The van der Waals surface area contributed by atoms with E-state index >= 15 is 0 Å². The smallest absolute Gasteiger partial charge is 0.337 e. The summed E-state index contributed by atoms with van der Waals surface area (Å²) in [6.07, 6.45) is 0. The quantitative estimate of drug-likeness (QED) is 0.548. The summed E-state index contributed by atoms with van der Waals surface area (Å²) in [6, 6.07) is 3.58. The van der Waals surface area contributed by atoms with Gasteiger partial charge in [0.1, 0.15) is 0 Å². The Morgan fingerprint density at radius 3 is 1.88 bits per heavy atom. The van der Waals surface area contributed by atoms with Crippen LogP contribution in [0.5, 0.6) is 0 Å². The van der Waals surface area contributed by atoms with Gasteiger partial charge in [0.05, 0.1) is 30.2 Å². The Morgan fingerprint density at radius 1 is 1.08 bits per heavy atom. The van der Waals surface area contributed by atoms with Crippen LogP contribution in [0.1, 0.15) is 34.6 Å². The minimum Gasteiger partial charge on any atom is -0.465 e. The number of ether oxygens (including phenoxy) is 2. The van der Waals surface area contributed by atoms with Gasteiger partial charge in [0.15, 0.2) is 0 Å². The molecule has 0 aliphatic rings. The zero-order chi connectivity index (χ0) is 18.5. The molecule has 0 unspecified atom stereocenters. The van der Waals surface area contributed by atoms with E-state index in [0.717, 1.165) is 0 Å². The molecule has 0 spiro atoms. The Balaban J connectivity index is 3.52. The van der Waals surface area contributed by atoms with Gasteiger partial charge in [-0.25, -0.2) is 18.0 Å². The molecule has 0 aromatic heterocycles. The van der Waals surface area contributed by atoms with Crippen LogP contribution in [0.2, 0.25) is 0 Å². The van der Waals surface area contributed by atoms with Gasteiger partial charge in [-0.2, -0.15) is 4.31 Å². The molecule has 0 fully saturated rings. The van der Waals surface area contributed by atoms with Gasteiger partial charge < -0.3 is 9.47 Å². The molecule has 0 bridgehead atoms.